The van der Waals surface area contributed by atoms with E-state index in [9.17, 15) is 4.79 Å². The van der Waals surface area contributed by atoms with Crippen molar-refractivity contribution in [3.63, 3.8) is 0 Å². The molecule has 1 heterocycles. The minimum Gasteiger partial charge on any atom is -0.363 e. The van der Waals surface area contributed by atoms with E-state index in [1.165, 1.54) is 0 Å². The molecule has 3 N–H and O–H groups in total. The highest BCUT2D eigenvalue weighted by Gasteiger charge is 2.04. The van der Waals surface area contributed by atoms with Crippen molar-refractivity contribution in [1.82, 2.24) is 15.3 Å². The summed E-state index contributed by atoms with van der Waals surface area (Å²) < 4.78 is 0. The average molecular weight is 328 g/mol. The zero-order valence-corrected chi connectivity index (χ0v) is 14.6. The molecular formula is C17H24N6O. The molecule has 2 amide bonds. The van der Waals surface area contributed by atoms with Crippen molar-refractivity contribution in [2.45, 2.75) is 13.8 Å². The first-order chi connectivity index (χ1) is 11.4. The van der Waals surface area contributed by atoms with Crippen LogP contribution in [0, 0.1) is 13.8 Å². The molecule has 0 aliphatic heterocycles. The van der Waals surface area contributed by atoms with Crippen LogP contribution in [0.3, 0.4) is 0 Å². The van der Waals surface area contributed by atoms with Gasteiger partial charge in [-0.05, 0) is 31.5 Å². The van der Waals surface area contributed by atoms with E-state index >= 15 is 0 Å². The molecule has 0 atom stereocenters. The summed E-state index contributed by atoms with van der Waals surface area (Å²) in [7, 11) is 3.87. The number of amides is 2. The maximum Gasteiger partial charge on any atom is 0.319 e. The quantitative estimate of drug-likeness (QED) is 0.709. The van der Waals surface area contributed by atoms with Gasteiger partial charge in [-0.25, -0.2) is 9.78 Å². The van der Waals surface area contributed by atoms with Gasteiger partial charge in [0.05, 0.1) is 0 Å². The Bertz CT molecular complexity index is 701. The summed E-state index contributed by atoms with van der Waals surface area (Å²) in [5.74, 6) is 1.40. The Morgan fingerprint density at radius 2 is 1.92 bits per heavy atom. The van der Waals surface area contributed by atoms with E-state index in [0.717, 1.165) is 22.8 Å². The summed E-state index contributed by atoms with van der Waals surface area (Å²) in [6, 6.07) is 9.34. The van der Waals surface area contributed by atoms with Gasteiger partial charge in [0.1, 0.15) is 5.82 Å². The molecular weight excluding hydrogens is 304 g/mol. The molecule has 1 aromatic carbocycles. The van der Waals surface area contributed by atoms with Crippen molar-refractivity contribution in [1.29, 1.82) is 0 Å². The van der Waals surface area contributed by atoms with Crippen molar-refractivity contribution >= 4 is 23.5 Å². The van der Waals surface area contributed by atoms with Crippen LogP contribution in [-0.2, 0) is 0 Å². The highest BCUT2D eigenvalue weighted by molar-refractivity contribution is 5.89. The molecule has 0 aliphatic rings. The van der Waals surface area contributed by atoms with Gasteiger partial charge in [0, 0.05) is 44.6 Å². The van der Waals surface area contributed by atoms with Gasteiger partial charge in [-0.1, -0.05) is 12.1 Å². The van der Waals surface area contributed by atoms with Crippen LogP contribution in [0.1, 0.15) is 11.3 Å². The van der Waals surface area contributed by atoms with Gasteiger partial charge < -0.3 is 20.9 Å². The Morgan fingerprint density at radius 3 is 2.62 bits per heavy atom. The van der Waals surface area contributed by atoms with Crippen LogP contribution in [0.15, 0.2) is 30.3 Å². The van der Waals surface area contributed by atoms with E-state index in [-0.39, 0.29) is 6.03 Å². The molecule has 1 aromatic heterocycles. The molecule has 0 spiro atoms. The number of carbonyl (C=O) groups is 1. The maximum absolute atomic E-state index is 11.8. The molecule has 0 saturated heterocycles. The first-order valence-corrected chi connectivity index (χ1v) is 7.82. The molecule has 0 aliphatic carbocycles. The van der Waals surface area contributed by atoms with Crippen LogP contribution in [0.4, 0.5) is 22.2 Å². The highest BCUT2D eigenvalue weighted by Crippen LogP contribution is 2.11. The van der Waals surface area contributed by atoms with Gasteiger partial charge in [0.2, 0.25) is 5.95 Å². The molecule has 0 bridgehead atoms. The number of benzene rings is 1. The second-order valence-corrected chi connectivity index (χ2v) is 5.76. The number of hydrogen-bond donors (Lipinski definition) is 3. The molecule has 128 valence electrons. The summed E-state index contributed by atoms with van der Waals surface area (Å²) in [6.45, 7) is 4.91. The second-order valence-electron chi connectivity index (χ2n) is 5.76. The lowest BCUT2D eigenvalue weighted by molar-refractivity contribution is 0.252. The Hall–Kier alpha value is -2.83. The number of aromatic nitrogens is 2. The third-order valence-corrected chi connectivity index (χ3v) is 3.27. The fourth-order valence-electron chi connectivity index (χ4n) is 2.11. The summed E-state index contributed by atoms with van der Waals surface area (Å²) in [6.07, 6.45) is 0. The third kappa shape index (κ3) is 5.42. The lowest BCUT2D eigenvalue weighted by atomic mass is 10.2. The summed E-state index contributed by atoms with van der Waals surface area (Å²) in [4.78, 5) is 22.5. The Labute approximate surface area is 142 Å². The van der Waals surface area contributed by atoms with Crippen molar-refractivity contribution in [3.05, 3.63) is 41.6 Å². The van der Waals surface area contributed by atoms with E-state index in [2.05, 4.69) is 25.9 Å². The van der Waals surface area contributed by atoms with Crippen LogP contribution in [-0.4, -0.2) is 43.2 Å². The molecule has 7 heteroatoms. The Morgan fingerprint density at radius 1 is 1.12 bits per heavy atom. The highest BCUT2D eigenvalue weighted by atomic mass is 16.2. The number of nitrogens with zero attached hydrogens (tertiary/aromatic N) is 3. The molecule has 24 heavy (non-hydrogen) atoms. The number of rotatable bonds is 6. The fraction of sp³-hybridized carbons (Fsp3) is 0.353. The smallest absolute Gasteiger partial charge is 0.319 e. The van der Waals surface area contributed by atoms with Gasteiger partial charge >= 0.3 is 6.03 Å². The summed E-state index contributed by atoms with van der Waals surface area (Å²) in [5.41, 5.74) is 2.77. The maximum atomic E-state index is 11.8. The van der Waals surface area contributed by atoms with Crippen LogP contribution < -0.4 is 20.9 Å². The number of aryl methyl sites for hydroxylation is 2. The predicted octanol–water partition coefficient (Wildman–Crippen LogP) is 2.39. The molecule has 7 nitrogen and oxygen atoms in total. The summed E-state index contributed by atoms with van der Waals surface area (Å²) >= 11 is 0. The number of urea groups is 1. The number of anilines is 3. The van der Waals surface area contributed by atoms with Gasteiger partial charge in [-0.2, -0.15) is 4.98 Å². The van der Waals surface area contributed by atoms with E-state index in [4.69, 9.17) is 0 Å². The third-order valence-electron chi connectivity index (χ3n) is 3.27. The van der Waals surface area contributed by atoms with E-state index in [1.807, 2.05) is 63.2 Å². The molecule has 0 saturated carbocycles. The van der Waals surface area contributed by atoms with Gasteiger partial charge in [0.25, 0.3) is 0 Å². The van der Waals surface area contributed by atoms with E-state index in [1.54, 1.807) is 0 Å². The van der Waals surface area contributed by atoms with Crippen molar-refractivity contribution in [2.75, 3.05) is 42.7 Å². The lowest BCUT2D eigenvalue weighted by Crippen LogP contribution is -2.32. The first kappa shape index (κ1) is 17.5. The van der Waals surface area contributed by atoms with Crippen LogP contribution in [0.5, 0.6) is 0 Å². The topological polar surface area (TPSA) is 82.2 Å². The van der Waals surface area contributed by atoms with Crippen LogP contribution in [0.25, 0.3) is 0 Å². The molecule has 0 fully saturated rings. The van der Waals surface area contributed by atoms with Crippen molar-refractivity contribution in [3.8, 4) is 0 Å². The van der Waals surface area contributed by atoms with Crippen LogP contribution in [0.2, 0.25) is 0 Å². The number of hydrogen-bond acceptors (Lipinski definition) is 5. The van der Waals surface area contributed by atoms with Crippen LogP contribution >= 0.6 is 0 Å². The van der Waals surface area contributed by atoms with Crippen molar-refractivity contribution < 1.29 is 4.79 Å². The summed E-state index contributed by atoms with van der Waals surface area (Å²) in [5, 5.41) is 8.71. The average Bonchev–Trinajstić information content (AvgIpc) is 2.51. The Kier molecular flexibility index (Phi) is 5.95. The first-order valence-electron chi connectivity index (χ1n) is 7.82. The van der Waals surface area contributed by atoms with E-state index in [0.29, 0.717) is 19.0 Å². The van der Waals surface area contributed by atoms with Gasteiger partial charge in [-0.3, -0.25) is 0 Å². The lowest BCUT2D eigenvalue weighted by Gasteiger charge is -2.14. The normalized spacial score (nSPS) is 10.2. The fourth-order valence-corrected chi connectivity index (χ4v) is 2.11. The monoisotopic (exact) mass is 328 g/mol. The Balaban J connectivity index is 1.77. The van der Waals surface area contributed by atoms with Gasteiger partial charge in [0.15, 0.2) is 0 Å². The number of carbonyl (C=O) groups excluding carboxylic acids is 1. The molecule has 0 radical (unpaired) electrons. The second kappa shape index (κ2) is 8.14. The van der Waals surface area contributed by atoms with Gasteiger partial charge in [-0.15, -0.1) is 0 Å². The molecule has 0 unspecified atom stereocenters. The predicted molar refractivity (Wildman–Crippen MR) is 97.8 cm³/mol. The minimum atomic E-state index is -0.235. The van der Waals surface area contributed by atoms with Crippen molar-refractivity contribution in [2.24, 2.45) is 0 Å². The molecule has 2 rings (SSSR count). The standard InChI is InChI=1S/C17H24N6O/c1-12-6-5-7-14(10-12)21-17(24)19-9-8-18-16-20-13(2)11-15(22-16)23(3)4/h5-7,10-11H,8-9H2,1-4H3,(H,18,20,22)(H2,19,21,24). The molecule has 2 aromatic rings. The van der Waals surface area contributed by atoms with E-state index < -0.39 is 0 Å². The largest absolute Gasteiger partial charge is 0.363 e. The number of nitrogens with one attached hydrogen (secondary N) is 3. The zero-order valence-electron chi connectivity index (χ0n) is 14.6. The minimum absolute atomic E-state index is 0.235. The zero-order chi connectivity index (χ0) is 17.5. The SMILES string of the molecule is Cc1cccc(NC(=O)NCCNc2nc(C)cc(N(C)C)n2)c1.